The van der Waals surface area contributed by atoms with Crippen LogP contribution in [-0.4, -0.2) is 4.98 Å². The molecule has 0 atom stereocenters. The van der Waals surface area contributed by atoms with Crippen LogP contribution >= 0.6 is 15.9 Å². The summed E-state index contributed by atoms with van der Waals surface area (Å²) in [5.74, 6) is 0. The largest absolute Gasteiger partial charge is 0.416 e. The topological polar surface area (TPSA) is 24.9 Å². The lowest BCUT2D eigenvalue weighted by Gasteiger charge is -2.13. The van der Waals surface area contributed by atoms with Gasteiger partial charge in [-0.1, -0.05) is 12.1 Å². The molecule has 0 aliphatic heterocycles. The Bertz CT molecular complexity index is 612. The summed E-state index contributed by atoms with van der Waals surface area (Å²) in [6.07, 6.45) is -4.34. The first-order valence-corrected chi connectivity index (χ1v) is 6.69. The number of nitrogens with one attached hydrogen (secondary N) is 1. The molecule has 0 saturated carbocycles. The molecule has 0 saturated heterocycles. The molecular weight excluding hydrogens is 333 g/mol. The number of benzene rings is 1. The van der Waals surface area contributed by atoms with E-state index in [1.807, 2.05) is 6.07 Å². The lowest BCUT2D eigenvalue weighted by atomic mass is 10.1. The van der Waals surface area contributed by atoms with Crippen molar-refractivity contribution in [1.82, 2.24) is 4.98 Å². The van der Waals surface area contributed by atoms with Gasteiger partial charge in [0, 0.05) is 5.69 Å². The zero-order valence-electron chi connectivity index (χ0n) is 10.6. The summed E-state index contributed by atoms with van der Waals surface area (Å²) in [5, 5.41) is 2.94. The molecule has 1 N–H and O–H groups in total. The molecule has 2 nitrogen and oxygen atoms in total. The van der Waals surface area contributed by atoms with Gasteiger partial charge in [-0.05, 0) is 52.7 Å². The van der Waals surface area contributed by atoms with Crippen molar-refractivity contribution in [2.75, 3.05) is 5.32 Å². The predicted molar refractivity (Wildman–Crippen MR) is 75.4 cm³/mol. The molecular formula is C14H12BrF3N2. The molecule has 106 valence electrons. The standard InChI is InChI=1S/C14H12BrF3N2/c1-9-5-6-10(7-12(9)14(16,17)18)19-8-11-3-2-4-13(15)20-11/h2-7,19H,8H2,1H3. The van der Waals surface area contributed by atoms with E-state index in [9.17, 15) is 13.2 Å². The Morgan fingerprint density at radius 3 is 2.60 bits per heavy atom. The third-order valence-electron chi connectivity index (χ3n) is 2.79. The minimum Gasteiger partial charge on any atom is -0.379 e. The minimum atomic E-state index is -4.34. The molecule has 1 aromatic heterocycles. The molecule has 0 aliphatic carbocycles. The van der Waals surface area contributed by atoms with Gasteiger partial charge >= 0.3 is 6.18 Å². The smallest absolute Gasteiger partial charge is 0.379 e. The van der Waals surface area contributed by atoms with E-state index in [0.29, 0.717) is 16.8 Å². The van der Waals surface area contributed by atoms with E-state index in [1.165, 1.54) is 13.0 Å². The van der Waals surface area contributed by atoms with Gasteiger partial charge in [-0.15, -0.1) is 0 Å². The maximum Gasteiger partial charge on any atom is 0.416 e. The summed E-state index contributed by atoms with van der Waals surface area (Å²) in [4.78, 5) is 4.21. The number of aryl methyl sites for hydroxylation is 1. The van der Waals surface area contributed by atoms with Gasteiger partial charge in [0.1, 0.15) is 4.60 Å². The number of rotatable bonds is 3. The van der Waals surface area contributed by atoms with Crippen LogP contribution in [0.25, 0.3) is 0 Å². The first-order valence-electron chi connectivity index (χ1n) is 5.89. The van der Waals surface area contributed by atoms with Crippen LogP contribution in [0.15, 0.2) is 41.0 Å². The molecule has 0 unspecified atom stereocenters. The van der Waals surface area contributed by atoms with Crippen molar-refractivity contribution in [1.29, 1.82) is 0 Å². The highest BCUT2D eigenvalue weighted by molar-refractivity contribution is 9.10. The van der Waals surface area contributed by atoms with Crippen LogP contribution in [0.5, 0.6) is 0 Å². The van der Waals surface area contributed by atoms with Gasteiger partial charge in [0.25, 0.3) is 0 Å². The number of alkyl halides is 3. The lowest BCUT2D eigenvalue weighted by Crippen LogP contribution is -2.09. The van der Waals surface area contributed by atoms with Crippen molar-refractivity contribution in [2.45, 2.75) is 19.6 Å². The fraction of sp³-hybridized carbons (Fsp3) is 0.214. The molecule has 6 heteroatoms. The van der Waals surface area contributed by atoms with Crippen molar-refractivity contribution < 1.29 is 13.2 Å². The molecule has 0 aliphatic rings. The van der Waals surface area contributed by atoms with Gasteiger partial charge in [-0.3, -0.25) is 0 Å². The van der Waals surface area contributed by atoms with Crippen LogP contribution in [0, 0.1) is 6.92 Å². The number of pyridine rings is 1. The zero-order valence-corrected chi connectivity index (χ0v) is 12.2. The Kier molecular flexibility index (Phi) is 4.32. The van der Waals surface area contributed by atoms with E-state index < -0.39 is 11.7 Å². The number of halogens is 4. The van der Waals surface area contributed by atoms with E-state index >= 15 is 0 Å². The summed E-state index contributed by atoms with van der Waals surface area (Å²) in [6.45, 7) is 1.81. The molecule has 1 aromatic carbocycles. The number of nitrogens with zero attached hydrogens (tertiary/aromatic N) is 1. The number of aromatic nitrogens is 1. The molecule has 0 amide bonds. The van der Waals surface area contributed by atoms with Crippen LogP contribution in [0.4, 0.5) is 18.9 Å². The number of hydrogen-bond donors (Lipinski definition) is 1. The van der Waals surface area contributed by atoms with E-state index in [-0.39, 0.29) is 5.56 Å². The molecule has 0 radical (unpaired) electrons. The lowest BCUT2D eigenvalue weighted by molar-refractivity contribution is -0.138. The summed E-state index contributed by atoms with van der Waals surface area (Å²) in [6, 6.07) is 9.62. The maximum absolute atomic E-state index is 12.8. The number of hydrogen-bond acceptors (Lipinski definition) is 2. The number of anilines is 1. The van der Waals surface area contributed by atoms with Crippen LogP contribution in [0.3, 0.4) is 0 Å². The Balaban J connectivity index is 2.14. The van der Waals surface area contributed by atoms with Crippen molar-refractivity contribution in [3.8, 4) is 0 Å². The Hall–Kier alpha value is -1.56. The molecule has 0 fully saturated rings. The molecule has 2 aromatic rings. The second-order valence-corrected chi connectivity index (χ2v) is 5.15. The van der Waals surface area contributed by atoms with Crippen LogP contribution in [0.2, 0.25) is 0 Å². The molecule has 2 rings (SSSR count). The third kappa shape index (κ3) is 3.72. The summed E-state index contributed by atoms with van der Waals surface area (Å²) < 4.78 is 39.1. The van der Waals surface area contributed by atoms with Crippen LogP contribution in [0.1, 0.15) is 16.8 Å². The third-order valence-corrected chi connectivity index (χ3v) is 3.23. The predicted octanol–water partition coefficient (Wildman–Crippen LogP) is 4.78. The fourth-order valence-corrected chi connectivity index (χ4v) is 2.16. The van der Waals surface area contributed by atoms with Gasteiger partial charge in [-0.25, -0.2) is 4.98 Å². The van der Waals surface area contributed by atoms with Gasteiger partial charge in [0.2, 0.25) is 0 Å². The van der Waals surface area contributed by atoms with Crippen molar-refractivity contribution in [2.24, 2.45) is 0 Å². The van der Waals surface area contributed by atoms with E-state index in [1.54, 1.807) is 18.2 Å². The highest BCUT2D eigenvalue weighted by atomic mass is 79.9. The van der Waals surface area contributed by atoms with E-state index in [2.05, 4.69) is 26.2 Å². The minimum absolute atomic E-state index is 0.212. The van der Waals surface area contributed by atoms with Gasteiger partial charge in [-0.2, -0.15) is 13.2 Å². The quantitative estimate of drug-likeness (QED) is 0.810. The normalized spacial score (nSPS) is 11.4. The SMILES string of the molecule is Cc1ccc(NCc2cccc(Br)n2)cc1C(F)(F)F. The summed E-state index contributed by atoms with van der Waals surface area (Å²) >= 11 is 3.25. The second kappa shape index (κ2) is 5.83. The van der Waals surface area contributed by atoms with Crippen LogP contribution in [-0.2, 0) is 12.7 Å². The Morgan fingerprint density at radius 1 is 1.20 bits per heavy atom. The van der Waals surface area contributed by atoms with Gasteiger partial charge in [0.15, 0.2) is 0 Å². The maximum atomic E-state index is 12.8. The van der Waals surface area contributed by atoms with E-state index in [0.717, 1.165) is 11.8 Å². The zero-order chi connectivity index (χ0) is 14.8. The van der Waals surface area contributed by atoms with E-state index in [4.69, 9.17) is 0 Å². The molecule has 0 spiro atoms. The summed E-state index contributed by atoms with van der Waals surface area (Å²) in [7, 11) is 0. The highest BCUT2D eigenvalue weighted by Crippen LogP contribution is 2.33. The highest BCUT2D eigenvalue weighted by Gasteiger charge is 2.32. The molecule has 0 bridgehead atoms. The van der Waals surface area contributed by atoms with Crippen molar-refractivity contribution in [3.63, 3.8) is 0 Å². The Labute approximate surface area is 123 Å². The average Bonchev–Trinajstić information content (AvgIpc) is 2.36. The van der Waals surface area contributed by atoms with Crippen LogP contribution < -0.4 is 5.32 Å². The first kappa shape index (κ1) is 14.8. The second-order valence-electron chi connectivity index (χ2n) is 4.33. The van der Waals surface area contributed by atoms with Crippen molar-refractivity contribution >= 4 is 21.6 Å². The molecule has 20 heavy (non-hydrogen) atoms. The average molecular weight is 345 g/mol. The molecule has 1 heterocycles. The fourth-order valence-electron chi connectivity index (χ4n) is 1.78. The Morgan fingerprint density at radius 2 is 1.95 bits per heavy atom. The first-order chi connectivity index (χ1) is 9.36. The van der Waals surface area contributed by atoms with Gasteiger partial charge in [0.05, 0.1) is 17.8 Å². The monoisotopic (exact) mass is 344 g/mol. The summed E-state index contributed by atoms with van der Waals surface area (Å²) in [5.41, 5.74) is 0.756. The van der Waals surface area contributed by atoms with Crippen molar-refractivity contribution in [3.05, 3.63) is 57.8 Å². The van der Waals surface area contributed by atoms with Gasteiger partial charge < -0.3 is 5.32 Å².